The quantitative estimate of drug-likeness (QED) is 0.478. The largest absolute Gasteiger partial charge is 0.493 e. The van der Waals surface area contributed by atoms with Crippen LogP contribution < -0.4 is 20.3 Å². The summed E-state index contributed by atoms with van der Waals surface area (Å²) in [5.41, 5.74) is 6.71. The van der Waals surface area contributed by atoms with Crippen molar-refractivity contribution >= 4 is 11.8 Å². The Kier molecular flexibility index (Phi) is 8.26. The van der Waals surface area contributed by atoms with E-state index in [1.54, 1.807) is 42.5 Å². The highest BCUT2D eigenvalue weighted by Gasteiger charge is 2.14. The third kappa shape index (κ3) is 6.87. The number of para-hydroxylation sites is 1. The minimum absolute atomic E-state index is 0.362. The first-order valence-electron chi connectivity index (χ1n) is 10.6. The molecule has 6 heteroatoms. The minimum Gasteiger partial charge on any atom is -0.493 e. The molecular formula is C26H28N2O4. The second-order valence-corrected chi connectivity index (χ2v) is 7.73. The molecule has 0 aliphatic heterocycles. The number of hydrogen-bond donors (Lipinski definition) is 2. The summed E-state index contributed by atoms with van der Waals surface area (Å²) in [5.74, 6) is 0.777. The SMILES string of the molecule is CC(C)CCOc1ccccc1C(=O)NNC(=O)c1ccc(OCc2ccccc2)cc1. The third-order valence-electron chi connectivity index (χ3n) is 4.74. The highest BCUT2D eigenvalue weighted by atomic mass is 16.5. The number of ether oxygens (including phenoxy) is 2. The van der Waals surface area contributed by atoms with Crippen molar-refractivity contribution in [2.45, 2.75) is 26.9 Å². The lowest BCUT2D eigenvalue weighted by atomic mass is 10.1. The number of hydrogen-bond acceptors (Lipinski definition) is 4. The fraction of sp³-hybridized carbons (Fsp3) is 0.231. The number of carbonyl (C=O) groups excluding carboxylic acids is 2. The van der Waals surface area contributed by atoms with Crippen LogP contribution in [0.25, 0.3) is 0 Å². The second kappa shape index (κ2) is 11.6. The molecule has 2 amide bonds. The molecule has 166 valence electrons. The van der Waals surface area contributed by atoms with Gasteiger partial charge >= 0.3 is 0 Å². The van der Waals surface area contributed by atoms with E-state index in [1.165, 1.54) is 0 Å². The Hall–Kier alpha value is -3.80. The molecule has 0 radical (unpaired) electrons. The van der Waals surface area contributed by atoms with E-state index in [0.29, 0.717) is 41.8 Å². The number of hydrazine groups is 1. The molecule has 3 rings (SSSR count). The summed E-state index contributed by atoms with van der Waals surface area (Å²) in [6.45, 7) is 5.19. The number of nitrogens with one attached hydrogen (secondary N) is 2. The van der Waals surface area contributed by atoms with Crippen LogP contribution in [0.5, 0.6) is 11.5 Å². The summed E-state index contributed by atoms with van der Waals surface area (Å²) in [6, 6.07) is 23.5. The van der Waals surface area contributed by atoms with Crippen LogP contribution in [-0.4, -0.2) is 18.4 Å². The van der Waals surface area contributed by atoms with Crippen molar-refractivity contribution in [2.24, 2.45) is 5.92 Å². The first kappa shape index (κ1) is 22.9. The van der Waals surface area contributed by atoms with Gasteiger partial charge < -0.3 is 9.47 Å². The molecule has 0 fully saturated rings. The van der Waals surface area contributed by atoms with Crippen LogP contribution in [0.2, 0.25) is 0 Å². The normalized spacial score (nSPS) is 10.5. The highest BCUT2D eigenvalue weighted by molar-refractivity contribution is 6.00. The van der Waals surface area contributed by atoms with E-state index in [4.69, 9.17) is 9.47 Å². The monoisotopic (exact) mass is 432 g/mol. The molecule has 0 heterocycles. The topological polar surface area (TPSA) is 76.7 Å². The fourth-order valence-electron chi connectivity index (χ4n) is 2.88. The van der Waals surface area contributed by atoms with E-state index in [9.17, 15) is 9.59 Å². The van der Waals surface area contributed by atoms with Crippen LogP contribution in [0, 0.1) is 5.92 Å². The summed E-state index contributed by atoms with van der Waals surface area (Å²) in [6.07, 6.45) is 0.887. The molecule has 0 atom stereocenters. The van der Waals surface area contributed by atoms with Gasteiger partial charge in [0, 0.05) is 5.56 Å². The van der Waals surface area contributed by atoms with E-state index in [0.717, 1.165) is 12.0 Å². The molecule has 0 spiro atoms. The molecule has 0 saturated heterocycles. The Labute approximate surface area is 188 Å². The molecule has 0 saturated carbocycles. The van der Waals surface area contributed by atoms with Crippen molar-refractivity contribution in [3.8, 4) is 11.5 Å². The Morgan fingerprint density at radius 1 is 0.781 bits per heavy atom. The standard InChI is InChI=1S/C26H28N2O4/c1-19(2)16-17-31-24-11-7-6-10-23(24)26(30)28-27-25(29)21-12-14-22(15-13-21)32-18-20-8-4-3-5-9-20/h3-15,19H,16-18H2,1-2H3,(H,27,29)(H,28,30). The van der Waals surface area contributed by atoms with Crippen molar-refractivity contribution in [1.82, 2.24) is 10.9 Å². The van der Waals surface area contributed by atoms with Crippen molar-refractivity contribution in [1.29, 1.82) is 0 Å². The summed E-state index contributed by atoms with van der Waals surface area (Å²) >= 11 is 0. The minimum atomic E-state index is -0.443. The van der Waals surface area contributed by atoms with Crippen LogP contribution in [0.4, 0.5) is 0 Å². The number of benzene rings is 3. The molecule has 0 aromatic heterocycles. The van der Waals surface area contributed by atoms with Gasteiger partial charge in [0.15, 0.2) is 0 Å². The van der Waals surface area contributed by atoms with Gasteiger partial charge in [-0.25, -0.2) is 0 Å². The van der Waals surface area contributed by atoms with Crippen molar-refractivity contribution < 1.29 is 19.1 Å². The van der Waals surface area contributed by atoms with E-state index < -0.39 is 11.8 Å². The smallest absolute Gasteiger partial charge is 0.273 e. The molecule has 0 unspecified atom stereocenters. The summed E-state index contributed by atoms with van der Waals surface area (Å²) in [5, 5.41) is 0. The summed E-state index contributed by atoms with van der Waals surface area (Å²) < 4.78 is 11.5. The van der Waals surface area contributed by atoms with Crippen LogP contribution in [0.15, 0.2) is 78.9 Å². The average molecular weight is 433 g/mol. The molecule has 0 bridgehead atoms. The number of rotatable bonds is 9. The van der Waals surface area contributed by atoms with E-state index >= 15 is 0 Å². The maximum Gasteiger partial charge on any atom is 0.273 e. The maximum atomic E-state index is 12.5. The van der Waals surface area contributed by atoms with Gasteiger partial charge in [-0.15, -0.1) is 0 Å². The number of amides is 2. The van der Waals surface area contributed by atoms with Crippen molar-refractivity contribution in [3.05, 3.63) is 95.6 Å². The summed E-state index contributed by atoms with van der Waals surface area (Å²) in [4.78, 5) is 25.0. The molecule has 0 aliphatic rings. The number of carbonyl (C=O) groups is 2. The van der Waals surface area contributed by atoms with Crippen molar-refractivity contribution in [2.75, 3.05) is 6.61 Å². The third-order valence-corrected chi connectivity index (χ3v) is 4.74. The van der Waals surface area contributed by atoms with Crippen LogP contribution >= 0.6 is 0 Å². The van der Waals surface area contributed by atoms with Gasteiger partial charge in [-0.1, -0.05) is 56.3 Å². The zero-order valence-electron chi connectivity index (χ0n) is 18.3. The first-order chi connectivity index (χ1) is 15.5. The fourth-order valence-corrected chi connectivity index (χ4v) is 2.88. The van der Waals surface area contributed by atoms with Gasteiger partial charge in [0.05, 0.1) is 12.2 Å². The molecule has 2 N–H and O–H groups in total. The lowest BCUT2D eigenvalue weighted by Gasteiger charge is -2.13. The Morgan fingerprint density at radius 2 is 1.44 bits per heavy atom. The van der Waals surface area contributed by atoms with Gasteiger partial charge in [-0.3, -0.25) is 20.4 Å². The predicted octanol–water partition coefficient (Wildman–Crippen LogP) is 4.77. The van der Waals surface area contributed by atoms with E-state index in [-0.39, 0.29) is 0 Å². The zero-order chi connectivity index (χ0) is 22.8. The van der Waals surface area contributed by atoms with Gasteiger partial charge in [0.2, 0.25) is 0 Å². The Bertz CT molecular complexity index is 1020. The van der Waals surface area contributed by atoms with Crippen LogP contribution in [0.3, 0.4) is 0 Å². The molecule has 3 aromatic carbocycles. The molecule has 32 heavy (non-hydrogen) atoms. The lowest BCUT2D eigenvalue weighted by molar-refractivity contribution is 0.0844. The first-order valence-corrected chi connectivity index (χ1v) is 10.6. The Balaban J connectivity index is 1.51. The highest BCUT2D eigenvalue weighted by Crippen LogP contribution is 2.19. The second-order valence-electron chi connectivity index (χ2n) is 7.73. The molecule has 3 aromatic rings. The molecule has 6 nitrogen and oxygen atoms in total. The van der Waals surface area contributed by atoms with Crippen molar-refractivity contribution in [3.63, 3.8) is 0 Å². The van der Waals surface area contributed by atoms with Gasteiger partial charge in [0.25, 0.3) is 11.8 Å². The summed E-state index contributed by atoms with van der Waals surface area (Å²) in [7, 11) is 0. The molecular weight excluding hydrogens is 404 g/mol. The predicted molar refractivity (Wildman–Crippen MR) is 124 cm³/mol. The van der Waals surface area contributed by atoms with Crippen LogP contribution in [0.1, 0.15) is 46.5 Å². The van der Waals surface area contributed by atoms with Gasteiger partial charge in [-0.2, -0.15) is 0 Å². The van der Waals surface area contributed by atoms with E-state index in [2.05, 4.69) is 24.7 Å². The Morgan fingerprint density at radius 3 is 2.16 bits per heavy atom. The van der Waals surface area contributed by atoms with Gasteiger partial charge in [0.1, 0.15) is 18.1 Å². The van der Waals surface area contributed by atoms with Crippen LogP contribution in [-0.2, 0) is 6.61 Å². The van der Waals surface area contributed by atoms with Gasteiger partial charge in [-0.05, 0) is 54.3 Å². The maximum absolute atomic E-state index is 12.5. The lowest BCUT2D eigenvalue weighted by Crippen LogP contribution is -2.41. The van der Waals surface area contributed by atoms with E-state index in [1.807, 2.05) is 36.4 Å². The molecule has 0 aliphatic carbocycles. The zero-order valence-corrected chi connectivity index (χ0v) is 18.3. The average Bonchev–Trinajstić information content (AvgIpc) is 2.82.